The minimum absolute atomic E-state index is 0.00879. The molecule has 3 rings (SSSR count). The molecule has 10 nitrogen and oxygen atoms in total. The molecule has 0 radical (unpaired) electrons. The Morgan fingerprint density at radius 1 is 1.24 bits per heavy atom. The van der Waals surface area contributed by atoms with Crippen LogP contribution in [-0.4, -0.2) is 26.3 Å². The van der Waals surface area contributed by atoms with Crippen molar-refractivity contribution in [2.75, 3.05) is 5.43 Å². The highest BCUT2D eigenvalue weighted by molar-refractivity contribution is 5.78. The topological polar surface area (TPSA) is 139 Å². The van der Waals surface area contributed by atoms with Crippen LogP contribution in [-0.2, 0) is 0 Å². The highest BCUT2D eigenvalue weighted by Crippen LogP contribution is 2.23. The minimum Gasteiger partial charge on any atom is -0.455 e. The molecule has 0 fully saturated rings. The number of furan rings is 1. The lowest BCUT2D eigenvalue weighted by molar-refractivity contribution is -0.384. The van der Waals surface area contributed by atoms with Crippen LogP contribution >= 0.6 is 0 Å². The summed E-state index contributed by atoms with van der Waals surface area (Å²) in [7, 11) is 0. The third kappa shape index (κ3) is 3.75. The molecule has 2 aromatic heterocycles. The average molecular weight is 340 g/mol. The van der Waals surface area contributed by atoms with Crippen molar-refractivity contribution in [1.82, 2.24) is 15.2 Å². The zero-order valence-electron chi connectivity index (χ0n) is 13.0. The largest absolute Gasteiger partial charge is 0.455 e. The SMILES string of the molecule is Cc1nnc(N/N=C/c2ccc(-c3ccc([N+](=O)[O-])cc3)o2)[nH]c1=O. The maximum absolute atomic E-state index is 11.4. The minimum atomic E-state index is -0.464. The zero-order valence-corrected chi connectivity index (χ0v) is 13.0. The Balaban J connectivity index is 1.69. The quantitative estimate of drug-likeness (QED) is 0.412. The van der Waals surface area contributed by atoms with Crippen molar-refractivity contribution in [3.05, 3.63) is 68.3 Å². The highest BCUT2D eigenvalue weighted by Gasteiger charge is 2.08. The molecule has 126 valence electrons. The van der Waals surface area contributed by atoms with Gasteiger partial charge >= 0.3 is 0 Å². The van der Waals surface area contributed by atoms with Crippen molar-refractivity contribution in [2.24, 2.45) is 5.10 Å². The fraction of sp³-hybridized carbons (Fsp3) is 0.0667. The Hall–Kier alpha value is -3.82. The van der Waals surface area contributed by atoms with E-state index in [0.29, 0.717) is 17.1 Å². The van der Waals surface area contributed by atoms with E-state index in [1.54, 1.807) is 31.2 Å². The van der Waals surface area contributed by atoms with Crippen LogP contribution < -0.4 is 11.0 Å². The van der Waals surface area contributed by atoms with E-state index < -0.39 is 4.92 Å². The number of anilines is 1. The number of aromatic amines is 1. The summed E-state index contributed by atoms with van der Waals surface area (Å²) >= 11 is 0. The van der Waals surface area contributed by atoms with Gasteiger partial charge in [0.05, 0.1) is 11.1 Å². The average Bonchev–Trinajstić information content (AvgIpc) is 3.07. The van der Waals surface area contributed by atoms with Gasteiger partial charge in [-0.1, -0.05) is 0 Å². The van der Waals surface area contributed by atoms with Gasteiger partial charge in [-0.05, 0) is 31.2 Å². The van der Waals surface area contributed by atoms with E-state index in [9.17, 15) is 14.9 Å². The third-order valence-electron chi connectivity index (χ3n) is 3.21. The molecule has 0 saturated carbocycles. The van der Waals surface area contributed by atoms with Crippen molar-refractivity contribution < 1.29 is 9.34 Å². The molecule has 1 aromatic carbocycles. The number of aryl methyl sites for hydroxylation is 1. The lowest BCUT2D eigenvalue weighted by Crippen LogP contribution is -2.15. The summed E-state index contributed by atoms with van der Waals surface area (Å²) in [6, 6.07) is 9.41. The Labute approximate surface area is 140 Å². The number of hydrogen-bond donors (Lipinski definition) is 2. The molecule has 0 aliphatic carbocycles. The predicted molar refractivity (Wildman–Crippen MR) is 89.4 cm³/mol. The zero-order chi connectivity index (χ0) is 17.8. The van der Waals surface area contributed by atoms with E-state index in [1.807, 2.05) is 0 Å². The van der Waals surface area contributed by atoms with Crippen LogP contribution in [0, 0.1) is 17.0 Å². The molecule has 0 amide bonds. The van der Waals surface area contributed by atoms with Crippen molar-refractivity contribution >= 4 is 17.9 Å². The van der Waals surface area contributed by atoms with Gasteiger partial charge in [-0.15, -0.1) is 10.2 Å². The lowest BCUT2D eigenvalue weighted by atomic mass is 10.1. The second-order valence-corrected chi connectivity index (χ2v) is 4.96. The first-order valence-electron chi connectivity index (χ1n) is 7.10. The van der Waals surface area contributed by atoms with Gasteiger partial charge in [0.2, 0.25) is 5.95 Å². The molecule has 0 spiro atoms. The second kappa shape index (κ2) is 6.74. The smallest absolute Gasteiger partial charge is 0.274 e. The molecule has 0 atom stereocenters. The van der Waals surface area contributed by atoms with Gasteiger partial charge < -0.3 is 4.42 Å². The normalized spacial score (nSPS) is 10.9. The van der Waals surface area contributed by atoms with Crippen LogP contribution in [0.4, 0.5) is 11.6 Å². The molecule has 0 unspecified atom stereocenters. The number of nitro groups is 1. The molecule has 2 heterocycles. The highest BCUT2D eigenvalue weighted by atomic mass is 16.6. The Bertz CT molecular complexity index is 990. The molecule has 0 saturated heterocycles. The van der Waals surface area contributed by atoms with E-state index in [2.05, 4.69) is 25.7 Å². The van der Waals surface area contributed by atoms with Gasteiger partial charge in [-0.2, -0.15) is 5.10 Å². The number of hydrazone groups is 1. The number of nitrogens with one attached hydrogen (secondary N) is 2. The van der Waals surface area contributed by atoms with Crippen LogP contribution in [0.3, 0.4) is 0 Å². The molecule has 0 bridgehead atoms. The molecule has 25 heavy (non-hydrogen) atoms. The molecule has 2 N–H and O–H groups in total. The summed E-state index contributed by atoms with van der Waals surface area (Å²) in [5.41, 5.74) is 3.15. The molecule has 10 heteroatoms. The molecule has 0 aliphatic heterocycles. The maximum Gasteiger partial charge on any atom is 0.274 e. The van der Waals surface area contributed by atoms with Gasteiger partial charge in [0, 0.05) is 17.7 Å². The summed E-state index contributed by atoms with van der Waals surface area (Å²) in [5, 5.41) is 21.9. The van der Waals surface area contributed by atoms with E-state index in [1.165, 1.54) is 18.3 Å². The van der Waals surface area contributed by atoms with Crippen LogP contribution in [0.15, 0.2) is 50.7 Å². The Morgan fingerprint density at radius 2 is 2.00 bits per heavy atom. The molecule has 0 aliphatic rings. The number of benzene rings is 1. The summed E-state index contributed by atoms with van der Waals surface area (Å²) in [4.78, 5) is 24.0. The first kappa shape index (κ1) is 16.1. The number of hydrogen-bond acceptors (Lipinski definition) is 8. The van der Waals surface area contributed by atoms with Crippen molar-refractivity contribution in [2.45, 2.75) is 6.92 Å². The first-order chi connectivity index (χ1) is 12.0. The van der Waals surface area contributed by atoms with E-state index in [0.717, 1.165) is 0 Å². The number of rotatable bonds is 5. The number of nitro benzene ring substituents is 1. The first-order valence-corrected chi connectivity index (χ1v) is 7.10. The fourth-order valence-electron chi connectivity index (χ4n) is 1.93. The summed E-state index contributed by atoms with van der Waals surface area (Å²) in [6.07, 6.45) is 1.40. The summed E-state index contributed by atoms with van der Waals surface area (Å²) < 4.78 is 5.58. The Morgan fingerprint density at radius 3 is 2.68 bits per heavy atom. The molecule has 3 aromatic rings. The second-order valence-electron chi connectivity index (χ2n) is 4.96. The van der Waals surface area contributed by atoms with Crippen molar-refractivity contribution in [1.29, 1.82) is 0 Å². The van der Waals surface area contributed by atoms with Gasteiger partial charge in [0.1, 0.15) is 17.2 Å². The van der Waals surface area contributed by atoms with E-state index in [4.69, 9.17) is 4.42 Å². The van der Waals surface area contributed by atoms with Gasteiger partial charge in [0.25, 0.3) is 11.2 Å². The van der Waals surface area contributed by atoms with E-state index in [-0.39, 0.29) is 22.9 Å². The standard InChI is InChI=1S/C15H12N6O4/c1-9-14(22)17-15(20-18-9)19-16-8-12-6-7-13(25-12)10-2-4-11(5-3-10)21(23)24/h2-8H,1H3,(H2,17,19,20,22)/b16-8+. The van der Waals surface area contributed by atoms with Crippen molar-refractivity contribution in [3.8, 4) is 11.3 Å². The van der Waals surface area contributed by atoms with Crippen LogP contribution in [0.1, 0.15) is 11.5 Å². The van der Waals surface area contributed by atoms with Crippen molar-refractivity contribution in [3.63, 3.8) is 0 Å². The van der Waals surface area contributed by atoms with Crippen LogP contribution in [0.2, 0.25) is 0 Å². The lowest BCUT2D eigenvalue weighted by Gasteiger charge is -1.97. The third-order valence-corrected chi connectivity index (χ3v) is 3.21. The number of H-pyrrole nitrogens is 1. The molecular weight excluding hydrogens is 328 g/mol. The van der Waals surface area contributed by atoms with Crippen LogP contribution in [0.25, 0.3) is 11.3 Å². The summed E-state index contributed by atoms with van der Waals surface area (Å²) in [5.74, 6) is 1.09. The number of non-ortho nitro benzene ring substituents is 1. The van der Waals surface area contributed by atoms with Crippen LogP contribution in [0.5, 0.6) is 0 Å². The summed E-state index contributed by atoms with van der Waals surface area (Å²) in [6.45, 7) is 1.54. The Kier molecular flexibility index (Phi) is 4.33. The van der Waals surface area contributed by atoms with E-state index >= 15 is 0 Å². The predicted octanol–water partition coefficient (Wildman–Crippen LogP) is 2.09. The number of aromatic nitrogens is 3. The molecular formula is C15H12N6O4. The maximum atomic E-state index is 11.4. The monoisotopic (exact) mass is 340 g/mol. The van der Waals surface area contributed by atoms with Gasteiger partial charge in [-0.3, -0.25) is 19.9 Å². The van der Waals surface area contributed by atoms with Gasteiger partial charge in [-0.25, -0.2) is 5.43 Å². The number of nitrogens with zero attached hydrogens (tertiary/aromatic N) is 4. The van der Waals surface area contributed by atoms with Gasteiger partial charge in [0.15, 0.2) is 0 Å². The fourth-order valence-corrected chi connectivity index (χ4v) is 1.93.